The number of allylic oxidation sites excluding steroid dienone is 1. The number of hydrogen-bond acceptors (Lipinski definition) is 5. The monoisotopic (exact) mass is 466 g/mol. The normalized spacial score (nSPS) is 14.3. The minimum Gasteiger partial charge on any atom is -0.497 e. The number of carbonyl (C=O) groups excluding carboxylic acids is 1. The van der Waals surface area contributed by atoms with Crippen molar-refractivity contribution in [3.63, 3.8) is 0 Å². The lowest BCUT2D eigenvalue weighted by Crippen LogP contribution is -2.22. The van der Waals surface area contributed by atoms with Gasteiger partial charge in [-0.2, -0.15) is 5.10 Å². The van der Waals surface area contributed by atoms with Crippen molar-refractivity contribution in [2.75, 3.05) is 24.4 Å². The van der Waals surface area contributed by atoms with Crippen molar-refractivity contribution < 1.29 is 14.3 Å². The summed E-state index contributed by atoms with van der Waals surface area (Å²) in [6, 6.07) is 25.0. The van der Waals surface area contributed by atoms with Crippen LogP contribution in [-0.2, 0) is 0 Å². The first-order valence-electron chi connectivity index (χ1n) is 11.5. The maximum Gasteiger partial charge on any atom is 0.261 e. The topological polar surface area (TPSA) is 77.4 Å². The minimum atomic E-state index is -0.245. The van der Waals surface area contributed by atoms with Crippen LogP contribution in [0.25, 0.3) is 5.70 Å². The van der Waals surface area contributed by atoms with Crippen LogP contribution in [0.5, 0.6) is 11.5 Å². The highest BCUT2D eigenvalue weighted by molar-refractivity contribution is 6.08. The Hall–Kier alpha value is -4.52. The van der Waals surface area contributed by atoms with Gasteiger partial charge in [0.05, 0.1) is 26.0 Å². The first kappa shape index (κ1) is 22.3. The molecule has 7 nitrogen and oxygen atoms in total. The highest BCUT2D eigenvalue weighted by Crippen LogP contribution is 2.36. The Balaban J connectivity index is 1.49. The van der Waals surface area contributed by atoms with Gasteiger partial charge in [0.1, 0.15) is 22.9 Å². The van der Waals surface area contributed by atoms with E-state index in [-0.39, 0.29) is 11.9 Å². The van der Waals surface area contributed by atoms with Gasteiger partial charge >= 0.3 is 0 Å². The van der Waals surface area contributed by atoms with Crippen molar-refractivity contribution in [2.24, 2.45) is 0 Å². The van der Waals surface area contributed by atoms with Gasteiger partial charge in [0.15, 0.2) is 0 Å². The third kappa shape index (κ3) is 4.61. The fourth-order valence-electron chi connectivity index (χ4n) is 4.09. The van der Waals surface area contributed by atoms with Gasteiger partial charge in [-0.3, -0.25) is 4.79 Å². The Morgan fingerprint density at radius 1 is 1.00 bits per heavy atom. The fraction of sp³-hybridized carbons (Fsp3) is 0.143. The molecule has 1 aliphatic rings. The molecule has 35 heavy (non-hydrogen) atoms. The second-order valence-electron chi connectivity index (χ2n) is 8.05. The molecule has 1 amide bonds. The lowest BCUT2D eigenvalue weighted by Gasteiger charge is -2.26. The Morgan fingerprint density at radius 3 is 2.40 bits per heavy atom. The second-order valence-corrected chi connectivity index (χ2v) is 8.05. The van der Waals surface area contributed by atoms with Gasteiger partial charge in [-0.05, 0) is 60.5 Å². The van der Waals surface area contributed by atoms with E-state index in [0.29, 0.717) is 23.7 Å². The van der Waals surface area contributed by atoms with E-state index in [1.54, 1.807) is 13.3 Å². The Bertz CT molecular complexity index is 1340. The molecule has 1 aromatic heterocycles. The van der Waals surface area contributed by atoms with Gasteiger partial charge in [0.25, 0.3) is 5.91 Å². The fourth-order valence-corrected chi connectivity index (χ4v) is 4.09. The van der Waals surface area contributed by atoms with Gasteiger partial charge in [-0.25, -0.2) is 4.68 Å². The number of methoxy groups -OCH3 is 1. The van der Waals surface area contributed by atoms with Crippen molar-refractivity contribution >= 4 is 23.1 Å². The molecule has 4 aromatic rings. The van der Waals surface area contributed by atoms with Gasteiger partial charge < -0.3 is 20.1 Å². The van der Waals surface area contributed by atoms with Gasteiger partial charge in [0.2, 0.25) is 0 Å². The number of nitrogens with zero attached hydrogens (tertiary/aromatic N) is 2. The molecule has 1 atom stereocenters. The van der Waals surface area contributed by atoms with E-state index in [1.165, 1.54) is 0 Å². The van der Waals surface area contributed by atoms with E-state index in [2.05, 4.69) is 21.8 Å². The lowest BCUT2D eigenvalue weighted by atomic mass is 10.0. The maximum atomic E-state index is 13.3. The van der Waals surface area contributed by atoms with E-state index in [0.717, 1.165) is 28.3 Å². The standard InChI is InChI=1S/C28H26N4O3/c1-3-35-23-15-11-21(12-16-23)30-28(33)24-18-29-32-26(20-9-13-22(34-2)14-10-20)17-25(31-27(24)32)19-7-5-4-6-8-19/h4-18,26,31H,3H2,1-2H3,(H,30,33). The minimum absolute atomic E-state index is 0.195. The van der Waals surface area contributed by atoms with Crippen molar-refractivity contribution in [1.82, 2.24) is 9.78 Å². The smallest absolute Gasteiger partial charge is 0.261 e. The number of benzene rings is 3. The SMILES string of the molecule is CCOc1ccc(NC(=O)c2cnn3c2NC(c2ccccc2)=CC3c2ccc(OC)cc2)cc1. The quantitative estimate of drug-likeness (QED) is 0.371. The molecule has 1 aliphatic heterocycles. The zero-order chi connectivity index (χ0) is 24.2. The third-order valence-corrected chi connectivity index (χ3v) is 5.85. The highest BCUT2D eigenvalue weighted by atomic mass is 16.5. The summed E-state index contributed by atoms with van der Waals surface area (Å²) in [5.74, 6) is 1.93. The number of rotatable bonds is 7. The number of ether oxygens (including phenoxy) is 2. The van der Waals surface area contributed by atoms with E-state index in [4.69, 9.17) is 9.47 Å². The molecule has 0 radical (unpaired) electrons. The third-order valence-electron chi connectivity index (χ3n) is 5.85. The van der Waals surface area contributed by atoms with Crippen LogP contribution in [0.15, 0.2) is 91.1 Å². The molecule has 0 saturated carbocycles. The maximum absolute atomic E-state index is 13.3. The molecule has 0 saturated heterocycles. The molecule has 7 heteroatoms. The summed E-state index contributed by atoms with van der Waals surface area (Å²) in [7, 11) is 1.65. The molecule has 176 valence electrons. The van der Waals surface area contributed by atoms with Crippen LogP contribution in [0, 0.1) is 0 Å². The summed E-state index contributed by atoms with van der Waals surface area (Å²) < 4.78 is 12.6. The number of carbonyl (C=O) groups is 1. The molecule has 1 unspecified atom stereocenters. The van der Waals surface area contributed by atoms with Crippen LogP contribution >= 0.6 is 0 Å². The average molecular weight is 467 g/mol. The predicted octanol–water partition coefficient (Wildman–Crippen LogP) is 5.60. The summed E-state index contributed by atoms with van der Waals surface area (Å²) in [6.45, 7) is 2.52. The van der Waals surface area contributed by atoms with E-state index in [9.17, 15) is 4.79 Å². The molecular formula is C28H26N4O3. The zero-order valence-electron chi connectivity index (χ0n) is 19.6. The molecule has 2 heterocycles. The van der Waals surface area contributed by atoms with Crippen molar-refractivity contribution in [3.8, 4) is 11.5 Å². The first-order valence-corrected chi connectivity index (χ1v) is 11.5. The second kappa shape index (κ2) is 9.77. The summed E-state index contributed by atoms with van der Waals surface area (Å²) in [5.41, 5.74) is 4.10. The number of fused-ring (bicyclic) bond motifs is 1. The van der Waals surface area contributed by atoms with Gasteiger partial charge in [-0.15, -0.1) is 0 Å². The van der Waals surface area contributed by atoms with Crippen molar-refractivity contribution in [2.45, 2.75) is 13.0 Å². The summed E-state index contributed by atoms with van der Waals surface area (Å²) in [6.07, 6.45) is 3.72. The summed E-state index contributed by atoms with van der Waals surface area (Å²) in [5, 5.41) is 11.0. The first-order chi connectivity index (χ1) is 17.2. The van der Waals surface area contributed by atoms with Gasteiger partial charge in [0, 0.05) is 11.4 Å². The predicted molar refractivity (Wildman–Crippen MR) is 137 cm³/mol. The van der Waals surface area contributed by atoms with Crippen LogP contribution < -0.4 is 20.1 Å². The van der Waals surface area contributed by atoms with Crippen LogP contribution in [-0.4, -0.2) is 29.4 Å². The molecule has 5 rings (SSSR count). The zero-order valence-corrected chi connectivity index (χ0v) is 19.6. The Kier molecular flexibility index (Phi) is 6.22. The number of hydrogen-bond donors (Lipinski definition) is 2. The molecule has 0 aliphatic carbocycles. The van der Waals surface area contributed by atoms with E-state index >= 15 is 0 Å². The average Bonchev–Trinajstić information content (AvgIpc) is 3.34. The van der Waals surface area contributed by atoms with Crippen LogP contribution in [0.3, 0.4) is 0 Å². The Labute approximate surface area is 204 Å². The van der Waals surface area contributed by atoms with E-state index < -0.39 is 0 Å². The van der Waals surface area contributed by atoms with Gasteiger partial charge in [-0.1, -0.05) is 42.5 Å². The lowest BCUT2D eigenvalue weighted by molar-refractivity contribution is 0.102. The largest absolute Gasteiger partial charge is 0.497 e. The number of nitrogens with one attached hydrogen (secondary N) is 2. The van der Waals surface area contributed by atoms with Crippen LogP contribution in [0.2, 0.25) is 0 Å². The summed E-state index contributed by atoms with van der Waals surface area (Å²) in [4.78, 5) is 13.3. The number of aromatic nitrogens is 2. The highest BCUT2D eigenvalue weighted by Gasteiger charge is 2.28. The number of amides is 1. The molecule has 2 N–H and O–H groups in total. The van der Waals surface area contributed by atoms with Crippen molar-refractivity contribution in [1.29, 1.82) is 0 Å². The summed E-state index contributed by atoms with van der Waals surface area (Å²) >= 11 is 0. The van der Waals surface area contributed by atoms with Crippen LogP contribution in [0.1, 0.15) is 34.5 Å². The number of anilines is 2. The molecular weight excluding hydrogens is 440 g/mol. The molecule has 0 bridgehead atoms. The molecule has 3 aromatic carbocycles. The molecule has 0 spiro atoms. The van der Waals surface area contributed by atoms with E-state index in [1.807, 2.05) is 90.5 Å². The van der Waals surface area contributed by atoms with Crippen LogP contribution in [0.4, 0.5) is 11.5 Å². The molecule has 0 fully saturated rings. The van der Waals surface area contributed by atoms with Crippen molar-refractivity contribution in [3.05, 3.63) is 108 Å². The Morgan fingerprint density at radius 2 is 1.71 bits per heavy atom.